The highest BCUT2D eigenvalue weighted by Crippen LogP contribution is 2.32. The third kappa shape index (κ3) is 1.90. The van der Waals surface area contributed by atoms with Gasteiger partial charge < -0.3 is 8.90 Å². The molecule has 1 aromatic carbocycles. The Bertz CT molecular complexity index is 640. The average Bonchev–Trinajstić information content (AvgIpc) is 2.97. The maximum atomic E-state index is 6.10. The molecule has 1 saturated heterocycles. The second kappa shape index (κ2) is 4.22. The molecule has 4 heteroatoms. The standard InChI is InChI=1S/C16H24N3O/c1-10-11(2)13(4)15-14(12(10)3)17-16(20-15)18-7-8-19(5,6)9-18/h7-9H2,1-6H3/q+1. The van der Waals surface area contributed by atoms with E-state index in [9.17, 15) is 0 Å². The van der Waals surface area contributed by atoms with Gasteiger partial charge in [-0.25, -0.2) is 0 Å². The number of quaternary nitrogens is 1. The van der Waals surface area contributed by atoms with Crippen molar-refractivity contribution in [3.8, 4) is 0 Å². The molecule has 2 aromatic rings. The van der Waals surface area contributed by atoms with Crippen LogP contribution in [0.1, 0.15) is 22.3 Å². The fourth-order valence-corrected chi connectivity index (χ4v) is 3.01. The van der Waals surface area contributed by atoms with Crippen LogP contribution in [0.3, 0.4) is 0 Å². The van der Waals surface area contributed by atoms with Crippen molar-refractivity contribution < 1.29 is 8.90 Å². The van der Waals surface area contributed by atoms with E-state index in [1.807, 2.05) is 0 Å². The molecule has 108 valence electrons. The van der Waals surface area contributed by atoms with Crippen LogP contribution in [0.25, 0.3) is 11.1 Å². The summed E-state index contributed by atoms with van der Waals surface area (Å²) in [5, 5.41) is 0. The van der Waals surface area contributed by atoms with E-state index in [-0.39, 0.29) is 0 Å². The number of hydrogen-bond acceptors (Lipinski definition) is 3. The van der Waals surface area contributed by atoms with Gasteiger partial charge in [-0.2, -0.15) is 4.98 Å². The molecule has 0 amide bonds. The number of benzene rings is 1. The Balaban J connectivity index is 2.12. The predicted octanol–water partition coefficient (Wildman–Crippen LogP) is 2.92. The highest BCUT2D eigenvalue weighted by molar-refractivity contribution is 5.84. The summed E-state index contributed by atoms with van der Waals surface area (Å²) in [6, 6.07) is 0.778. The number of aromatic nitrogens is 1. The third-order valence-corrected chi connectivity index (χ3v) is 4.80. The predicted molar refractivity (Wildman–Crippen MR) is 82.1 cm³/mol. The quantitative estimate of drug-likeness (QED) is 0.749. The van der Waals surface area contributed by atoms with Gasteiger partial charge in [0.05, 0.1) is 27.2 Å². The number of rotatable bonds is 1. The smallest absolute Gasteiger partial charge is 0.302 e. The Morgan fingerprint density at radius 1 is 1.00 bits per heavy atom. The van der Waals surface area contributed by atoms with Gasteiger partial charge in [0.1, 0.15) is 5.52 Å². The first-order chi connectivity index (χ1) is 9.30. The summed E-state index contributed by atoms with van der Waals surface area (Å²) in [6.45, 7) is 11.7. The summed E-state index contributed by atoms with van der Waals surface area (Å²) in [6.07, 6.45) is 0. The van der Waals surface area contributed by atoms with Gasteiger partial charge in [-0.15, -0.1) is 0 Å². The van der Waals surface area contributed by atoms with Crippen molar-refractivity contribution in [2.75, 3.05) is 38.8 Å². The lowest BCUT2D eigenvalue weighted by molar-refractivity contribution is -0.876. The summed E-state index contributed by atoms with van der Waals surface area (Å²) in [5.41, 5.74) is 7.08. The van der Waals surface area contributed by atoms with E-state index in [2.05, 4.69) is 46.7 Å². The molecule has 3 rings (SSSR count). The second-order valence-corrected chi connectivity index (χ2v) is 6.74. The molecular weight excluding hydrogens is 250 g/mol. The highest BCUT2D eigenvalue weighted by Gasteiger charge is 2.31. The number of aryl methyl sites for hydroxylation is 2. The number of nitrogens with zero attached hydrogens (tertiary/aromatic N) is 3. The SMILES string of the molecule is Cc1c(C)c(C)c2oc(N3CC[N+](C)(C)C3)nc2c1C. The molecule has 0 spiro atoms. The molecule has 0 radical (unpaired) electrons. The van der Waals surface area contributed by atoms with Gasteiger partial charge in [-0.1, -0.05) is 0 Å². The average molecular weight is 274 g/mol. The molecule has 4 nitrogen and oxygen atoms in total. The van der Waals surface area contributed by atoms with Gasteiger partial charge in [-0.05, 0) is 49.9 Å². The molecule has 0 aliphatic carbocycles. The third-order valence-electron chi connectivity index (χ3n) is 4.80. The molecule has 0 saturated carbocycles. The zero-order valence-corrected chi connectivity index (χ0v) is 13.4. The van der Waals surface area contributed by atoms with Crippen LogP contribution < -0.4 is 4.90 Å². The van der Waals surface area contributed by atoms with Crippen LogP contribution in [0, 0.1) is 27.7 Å². The van der Waals surface area contributed by atoms with Gasteiger partial charge in [-0.3, -0.25) is 4.90 Å². The molecule has 1 aliphatic heterocycles. The summed E-state index contributed by atoms with van der Waals surface area (Å²) >= 11 is 0. The molecule has 1 aromatic heterocycles. The Hall–Kier alpha value is -1.55. The molecule has 0 unspecified atom stereocenters. The van der Waals surface area contributed by atoms with Crippen LogP contribution in [0.4, 0.5) is 6.01 Å². The summed E-state index contributed by atoms with van der Waals surface area (Å²) in [5.74, 6) is 0. The maximum Gasteiger partial charge on any atom is 0.302 e. The van der Waals surface area contributed by atoms with Gasteiger partial charge in [0.25, 0.3) is 0 Å². The minimum Gasteiger partial charge on any atom is -0.423 e. The zero-order valence-electron chi connectivity index (χ0n) is 13.4. The second-order valence-electron chi connectivity index (χ2n) is 6.74. The largest absolute Gasteiger partial charge is 0.423 e. The molecule has 20 heavy (non-hydrogen) atoms. The van der Waals surface area contributed by atoms with Crippen molar-refractivity contribution in [3.05, 3.63) is 22.3 Å². The normalized spacial score (nSPS) is 18.2. The number of likely N-dealkylation sites (N-methyl/N-ethyl adjacent to an activating group) is 1. The van der Waals surface area contributed by atoms with E-state index < -0.39 is 0 Å². The molecule has 1 fully saturated rings. The monoisotopic (exact) mass is 274 g/mol. The van der Waals surface area contributed by atoms with Crippen molar-refractivity contribution in [2.45, 2.75) is 27.7 Å². The molecule has 0 atom stereocenters. The lowest BCUT2D eigenvalue weighted by Crippen LogP contribution is -2.38. The van der Waals surface area contributed by atoms with Gasteiger partial charge >= 0.3 is 6.01 Å². The van der Waals surface area contributed by atoms with Crippen LogP contribution in [0.15, 0.2) is 4.42 Å². The Morgan fingerprint density at radius 3 is 2.25 bits per heavy atom. The van der Waals surface area contributed by atoms with Crippen LogP contribution >= 0.6 is 0 Å². The van der Waals surface area contributed by atoms with Gasteiger partial charge in [0.15, 0.2) is 12.3 Å². The van der Waals surface area contributed by atoms with Crippen molar-refractivity contribution in [3.63, 3.8) is 0 Å². The minimum atomic E-state index is 0.778. The first-order valence-corrected chi connectivity index (χ1v) is 7.24. The van der Waals surface area contributed by atoms with Crippen molar-refractivity contribution >= 4 is 17.1 Å². The number of fused-ring (bicyclic) bond motifs is 1. The first kappa shape index (κ1) is 13.4. The van der Waals surface area contributed by atoms with E-state index in [1.165, 1.54) is 22.3 Å². The number of anilines is 1. The van der Waals surface area contributed by atoms with E-state index in [1.54, 1.807) is 0 Å². The van der Waals surface area contributed by atoms with E-state index >= 15 is 0 Å². The highest BCUT2D eigenvalue weighted by atomic mass is 16.4. The molecule has 1 aliphatic rings. The number of hydrogen-bond donors (Lipinski definition) is 0. The lowest BCUT2D eigenvalue weighted by atomic mass is 9.98. The van der Waals surface area contributed by atoms with Crippen LogP contribution in [0.2, 0.25) is 0 Å². The fraction of sp³-hybridized carbons (Fsp3) is 0.562. The summed E-state index contributed by atoms with van der Waals surface area (Å²) < 4.78 is 7.09. The summed E-state index contributed by atoms with van der Waals surface area (Å²) in [4.78, 5) is 7.03. The zero-order chi connectivity index (χ0) is 14.7. The van der Waals surface area contributed by atoms with Crippen LogP contribution in [-0.4, -0.2) is 43.3 Å². The van der Waals surface area contributed by atoms with E-state index in [4.69, 9.17) is 9.40 Å². The fourth-order valence-electron chi connectivity index (χ4n) is 3.01. The molecule has 0 N–H and O–H groups in total. The lowest BCUT2D eigenvalue weighted by Gasteiger charge is -2.22. The maximum absolute atomic E-state index is 6.10. The Kier molecular flexibility index (Phi) is 2.83. The van der Waals surface area contributed by atoms with Crippen molar-refractivity contribution in [1.29, 1.82) is 0 Å². The Morgan fingerprint density at radius 2 is 1.65 bits per heavy atom. The van der Waals surface area contributed by atoms with E-state index in [0.717, 1.165) is 41.4 Å². The van der Waals surface area contributed by atoms with E-state index in [0.29, 0.717) is 0 Å². The van der Waals surface area contributed by atoms with Crippen molar-refractivity contribution in [1.82, 2.24) is 4.98 Å². The minimum absolute atomic E-state index is 0.778. The van der Waals surface area contributed by atoms with Gasteiger partial charge in [0, 0.05) is 0 Å². The molecular formula is C16H24N3O+. The Labute approximate surface area is 120 Å². The molecule has 0 bridgehead atoms. The van der Waals surface area contributed by atoms with Crippen LogP contribution in [0.5, 0.6) is 0 Å². The first-order valence-electron chi connectivity index (χ1n) is 7.24. The summed E-state index contributed by atoms with van der Waals surface area (Å²) in [7, 11) is 4.49. The van der Waals surface area contributed by atoms with Crippen LogP contribution in [-0.2, 0) is 0 Å². The van der Waals surface area contributed by atoms with Gasteiger partial charge in [0.2, 0.25) is 0 Å². The van der Waals surface area contributed by atoms with Crippen molar-refractivity contribution in [2.24, 2.45) is 0 Å². The topological polar surface area (TPSA) is 29.3 Å². The molecule has 2 heterocycles. The number of oxazole rings is 1.